The van der Waals surface area contributed by atoms with Crippen molar-refractivity contribution in [3.8, 4) is 0 Å². The molecule has 0 fully saturated rings. The number of halogens is 2. The van der Waals surface area contributed by atoms with Crippen LogP contribution in [0.3, 0.4) is 0 Å². The first kappa shape index (κ1) is 14.5. The van der Waals surface area contributed by atoms with Gasteiger partial charge in [0.05, 0.1) is 13.1 Å². The molecule has 0 aromatic heterocycles. The molecule has 0 saturated carbocycles. The minimum Gasteiger partial charge on any atom is -0.350 e. The normalized spacial score (nSPS) is 9.67. The van der Waals surface area contributed by atoms with E-state index in [-0.39, 0.29) is 24.9 Å². The van der Waals surface area contributed by atoms with Crippen molar-refractivity contribution in [2.75, 3.05) is 13.1 Å². The number of rotatable bonds is 5. The van der Waals surface area contributed by atoms with Gasteiger partial charge < -0.3 is 10.6 Å². The maximum atomic E-state index is 11.6. The average molecular weight is 287 g/mol. The number of hydrogen-bond acceptors (Lipinski definition) is 2. The zero-order valence-corrected chi connectivity index (χ0v) is 11.0. The van der Waals surface area contributed by atoms with Gasteiger partial charge in [0.2, 0.25) is 5.91 Å². The first-order chi connectivity index (χ1) is 8.49. The third kappa shape index (κ3) is 5.21. The van der Waals surface area contributed by atoms with Crippen molar-refractivity contribution in [1.29, 1.82) is 0 Å². The Morgan fingerprint density at radius 2 is 1.72 bits per heavy atom. The largest absolute Gasteiger partial charge is 0.350 e. The predicted octanol–water partition coefficient (Wildman–Crippen LogP) is 1.94. The Hall–Kier alpha value is -1.52. The highest BCUT2D eigenvalue weighted by molar-refractivity contribution is 6.30. The standard InChI is InChI=1S/C12H12Cl2N2O2/c1-8(13)6-15-11(17)7-16-12(18)9-2-4-10(14)5-3-9/h2-5H,1,6-7H2,(H,15,17)(H,16,18). The number of nitrogens with one attached hydrogen (secondary N) is 2. The van der Waals surface area contributed by atoms with Crippen molar-refractivity contribution in [1.82, 2.24) is 10.6 Å². The lowest BCUT2D eigenvalue weighted by Crippen LogP contribution is -2.37. The van der Waals surface area contributed by atoms with E-state index in [4.69, 9.17) is 23.2 Å². The molecule has 0 unspecified atom stereocenters. The molecule has 6 heteroatoms. The number of carbonyl (C=O) groups is 2. The summed E-state index contributed by atoms with van der Waals surface area (Å²) >= 11 is 11.2. The minimum absolute atomic E-state index is 0.119. The average Bonchev–Trinajstić information content (AvgIpc) is 2.34. The van der Waals surface area contributed by atoms with Crippen LogP contribution in [0.2, 0.25) is 5.02 Å². The second kappa shape index (κ2) is 7.03. The third-order valence-corrected chi connectivity index (χ3v) is 2.38. The summed E-state index contributed by atoms with van der Waals surface area (Å²) < 4.78 is 0. The molecule has 96 valence electrons. The number of amides is 2. The van der Waals surface area contributed by atoms with Crippen molar-refractivity contribution in [3.05, 3.63) is 46.5 Å². The van der Waals surface area contributed by atoms with E-state index in [0.717, 1.165) is 0 Å². The summed E-state index contributed by atoms with van der Waals surface area (Å²) in [6.07, 6.45) is 0. The molecular formula is C12H12Cl2N2O2. The molecule has 0 aliphatic carbocycles. The van der Waals surface area contributed by atoms with E-state index in [1.54, 1.807) is 24.3 Å². The van der Waals surface area contributed by atoms with Crippen LogP contribution in [-0.2, 0) is 4.79 Å². The molecule has 1 rings (SSSR count). The molecule has 18 heavy (non-hydrogen) atoms. The van der Waals surface area contributed by atoms with E-state index in [2.05, 4.69) is 17.2 Å². The smallest absolute Gasteiger partial charge is 0.251 e. The van der Waals surface area contributed by atoms with Crippen LogP contribution in [0.5, 0.6) is 0 Å². The summed E-state index contributed by atoms with van der Waals surface area (Å²) in [6, 6.07) is 6.37. The molecule has 1 aromatic carbocycles. The van der Waals surface area contributed by atoms with Gasteiger partial charge in [-0.15, -0.1) is 0 Å². The summed E-state index contributed by atoms with van der Waals surface area (Å²) in [4.78, 5) is 22.9. The van der Waals surface area contributed by atoms with Crippen LogP contribution in [0, 0.1) is 0 Å². The highest BCUT2D eigenvalue weighted by atomic mass is 35.5. The van der Waals surface area contributed by atoms with Crippen LogP contribution in [0.25, 0.3) is 0 Å². The number of hydrogen-bond donors (Lipinski definition) is 2. The van der Waals surface area contributed by atoms with Crippen LogP contribution in [0.1, 0.15) is 10.4 Å². The zero-order chi connectivity index (χ0) is 13.5. The summed E-state index contributed by atoms with van der Waals surface area (Å²) in [7, 11) is 0. The van der Waals surface area contributed by atoms with Gasteiger partial charge >= 0.3 is 0 Å². The van der Waals surface area contributed by atoms with Crippen molar-refractivity contribution in [2.45, 2.75) is 0 Å². The van der Waals surface area contributed by atoms with E-state index in [1.165, 1.54) is 0 Å². The maximum Gasteiger partial charge on any atom is 0.251 e. The Balaban J connectivity index is 2.39. The molecule has 4 nitrogen and oxygen atoms in total. The lowest BCUT2D eigenvalue weighted by atomic mass is 10.2. The van der Waals surface area contributed by atoms with Gasteiger partial charge in [0.15, 0.2) is 0 Å². The Labute approximate surface area is 115 Å². The van der Waals surface area contributed by atoms with Gasteiger partial charge in [-0.2, -0.15) is 0 Å². The van der Waals surface area contributed by atoms with E-state index in [9.17, 15) is 9.59 Å². The molecule has 0 atom stereocenters. The van der Waals surface area contributed by atoms with Crippen molar-refractivity contribution < 1.29 is 9.59 Å². The topological polar surface area (TPSA) is 58.2 Å². The Morgan fingerprint density at radius 1 is 1.11 bits per heavy atom. The summed E-state index contributed by atoms with van der Waals surface area (Å²) in [5.74, 6) is -0.675. The summed E-state index contributed by atoms with van der Waals surface area (Å²) in [5, 5.41) is 5.84. The third-order valence-electron chi connectivity index (χ3n) is 1.99. The lowest BCUT2D eigenvalue weighted by molar-refractivity contribution is -0.119. The van der Waals surface area contributed by atoms with E-state index in [1.807, 2.05) is 0 Å². The van der Waals surface area contributed by atoms with Crippen LogP contribution >= 0.6 is 23.2 Å². The van der Waals surface area contributed by atoms with Gasteiger partial charge in [-0.3, -0.25) is 9.59 Å². The quantitative estimate of drug-likeness (QED) is 0.869. The van der Waals surface area contributed by atoms with Gasteiger partial charge in [0.25, 0.3) is 5.91 Å². The highest BCUT2D eigenvalue weighted by Gasteiger charge is 2.07. The molecule has 1 aromatic rings. The highest BCUT2D eigenvalue weighted by Crippen LogP contribution is 2.09. The summed E-state index contributed by atoms with van der Waals surface area (Å²) in [6.45, 7) is 3.49. The fraction of sp³-hybridized carbons (Fsp3) is 0.167. The molecule has 0 radical (unpaired) electrons. The van der Waals surface area contributed by atoms with E-state index < -0.39 is 0 Å². The van der Waals surface area contributed by atoms with Crippen molar-refractivity contribution >= 4 is 35.0 Å². The van der Waals surface area contributed by atoms with Gasteiger partial charge in [-0.1, -0.05) is 29.8 Å². The lowest BCUT2D eigenvalue weighted by Gasteiger charge is -2.06. The van der Waals surface area contributed by atoms with Gasteiger partial charge in [-0.05, 0) is 24.3 Å². The first-order valence-corrected chi connectivity index (χ1v) is 5.88. The van der Waals surface area contributed by atoms with E-state index in [0.29, 0.717) is 15.6 Å². The van der Waals surface area contributed by atoms with Gasteiger partial charge in [-0.25, -0.2) is 0 Å². The van der Waals surface area contributed by atoms with Crippen molar-refractivity contribution in [2.24, 2.45) is 0 Å². The maximum absolute atomic E-state index is 11.6. The molecule has 0 aliphatic rings. The van der Waals surface area contributed by atoms with E-state index >= 15 is 0 Å². The molecule has 0 heterocycles. The number of carbonyl (C=O) groups excluding carboxylic acids is 2. The number of benzene rings is 1. The van der Waals surface area contributed by atoms with Crippen LogP contribution < -0.4 is 10.6 Å². The molecule has 2 amide bonds. The SMILES string of the molecule is C=C(Cl)CNC(=O)CNC(=O)c1ccc(Cl)cc1. The molecule has 2 N–H and O–H groups in total. The summed E-state index contributed by atoms with van der Waals surface area (Å²) in [5.41, 5.74) is 0.439. The molecule has 0 aliphatic heterocycles. The fourth-order valence-electron chi connectivity index (χ4n) is 1.12. The van der Waals surface area contributed by atoms with Crippen molar-refractivity contribution in [3.63, 3.8) is 0 Å². The Kier molecular flexibility index (Phi) is 5.68. The van der Waals surface area contributed by atoms with Gasteiger partial charge in [0, 0.05) is 15.6 Å². The Bertz CT molecular complexity index is 458. The van der Waals surface area contributed by atoms with Crippen LogP contribution in [0.15, 0.2) is 35.9 Å². The first-order valence-electron chi connectivity index (χ1n) is 5.13. The minimum atomic E-state index is -0.341. The monoisotopic (exact) mass is 286 g/mol. The van der Waals surface area contributed by atoms with Crippen LogP contribution in [-0.4, -0.2) is 24.9 Å². The predicted molar refractivity (Wildman–Crippen MR) is 71.8 cm³/mol. The van der Waals surface area contributed by atoms with Gasteiger partial charge in [0.1, 0.15) is 0 Å². The molecule has 0 saturated heterocycles. The second-order valence-electron chi connectivity index (χ2n) is 3.48. The molecule has 0 spiro atoms. The Morgan fingerprint density at radius 3 is 2.28 bits per heavy atom. The molecular weight excluding hydrogens is 275 g/mol. The van der Waals surface area contributed by atoms with Crippen LogP contribution in [0.4, 0.5) is 0 Å². The zero-order valence-electron chi connectivity index (χ0n) is 9.50. The molecule has 0 bridgehead atoms. The second-order valence-corrected chi connectivity index (χ2v) is 4.45. The fourth-order valence-corrected chi connectivity index (χ4v) is 1.31.